The van der Waals surface area contributed by atoms with Crippen LogP contribution in [0.15, 0.2) is 48.7 Å². The van der Waals surface area contributed by atoms with Crippen LogP contribution >= 0.6 is 11.3 Å². The summed E-state index contributed by atoms with van der Waals surface area (Å²) in [6.07, 6.45) is 3.06. The van der Waals surface area contributed by atoms with Gasteiger partial charge in [0, 0.05) is 23.7 Å². The second kappa shape index (κ2) is 6.37. The topological polar surface area (TPSA) is 24.9 Å². The summed E-state index contributed by atoms with van der Waals surface area (Å²) in [5, 5.41) is 7.32. The van der Waals surface area contributed by atoms with Gasteiger partial charge >= 0.3 is 0 Å². The van der Waals surface area contributed by atoms with E-state index in [0.29, 0.717) is 6.04 Å². The Kier molecular flexibility index (Phi) is 4.32. The molecule has 21 heavy (non-hydrogen) atoms. The number of nitrogens with zero attached hydrogens (tertiary/aromatic N) is 1. The molecule has 3 aromatic rings. The summed E-state index contributed by atoms with van der Waals surface area (Å²) in [5.74, 6) is 0. The molecule has 2 nitrogen and oxygen atoms in total. The van der Waals surface area contributed by atoms with E-state index in [1.54, 1.807) is 11.3 Å². The van der Waals surface area contributed by atoms with E-state index in [4.69, 9.17) is 0 Å². The van der Waals surface area contributed by atoms with Crippen LogP contribution in [0.4, 0.5) is 0 Å². The molecule has 0 aliphatic heterocycles. The first-order valence-corrected chi connectivity index (χ1v) is 8.23. The first kappa shape index (κ1) is 14.2. The highest BCUT2D eigenvalue weighted by Crippen LogP contribution is 2.21. The standard InChI is InChI=1S/C18H20N2S/c1-3-17-11-20-18(21-17)12-19-13(2)15-9-8-14-6-4-5-7-16(14)10-15/h4-11,13,19H,3,12H2,1-2H3. The number of fused-ring (bicyclic) bond motifs is 1. The number of nitrogens with one attached hydrogen (secondary N) is 1. The predicted molar refractivity (Wildman–Crippen MR) is 90.7 cm³/mol. The van der Waals surface area contributed by atoms with Crippen molar-refractivity contribution in [3.8, 4) is 0 Å². The molecule has 0 aliphatic carbocycles. The summed E-state index contributed by atoms with van der Waals surface area (Å²) < 4.78 is 0. The molecular weight excluding hydrogens is 276 g/mol. The van der Waals surface area contributed by atoms with Gasteiger partial charge in [-0.15, -0.1) is 11.3 Å². The minimum atomic E-state index is 0.323. The van der Waals surface area contributed by atoms with Crippen LogP contribution in [0.2, 0.25) is 0 Å². The van der Waals surface area contributed by atoms with Gasteiger partial charge in [0.2, 0.25) is 0 Å². The Morgan fingerprint density at radius 2 is 1.95 bits per heavy atom. The summed E-state index contributed by atoms with van der Waals surface area (Å²) in [7, 11) is 0. The number of hydrogen-bond donors (Lipinski definition) is 1. The molecule has 1 atom stereocenters. The van der Waals surface area contributed by atoms with Gasteiger partial charge < -0.3 is 5.32 Å². The minimum absolute atomic E-state index is 0.323. The molecule has 2 aromatic carbocycles. The lowest BCUT2D eigenvalue weighted by Gasteiger charge is -2.14. The third-order valence-electron chi connectivity index (χ3n) is 3.78. The van der Waals surface area contributed by atoms with E-state index in [0.717, 1.165) is 13.0 Å². The molecule has 1 unspecified atom stereocenters. The van der Waals surface area contributed by atoms with Crippen molar-refractivity contribution in [3.05, 3.63) is 64.1 Å². The van der Waals surface area contributed by atoms with E-state index in [9.17, 15) is 0 Å². The lowest BCUT2D eigenvalue weighted by Crippen LogP contribution is -2.17. The van der Waals surface area contributed by atoms with Crippen LogP contribution in [0.3, 0.4) is 0 Å². The maximum absolute atomic E-state index is 4.46. The van der Waals surface area contributed by atoms with E-state index in [1.807, 2.05) is 6.20 Å². The van der Waals surface area contributed by atoms with E-state index < -0.39 is 0 Å². The summed E-state index contributed by atoms with van der Waals surface area (Å²) in [4.78, 5) is 5.81. The zero-order valence-corrected chi connectivity index (χ0v) is 13.3. The molecule has 108 valence electrons. The van der Waals surface area contributed by atoms with Crippen LogP contribution in [-0.4, -0.2) is 4.98 Å². The van der Waals surface area contributed by atoms with E-state index in [2.05, 4.69) is 66.6 Å². The van der Waals surface area contributed by atoms with Crippen LogP contribution in [-0.2, 0) is 13.0 Å². The van der Waals surface area contributed by atoms with Gasteiger partial charge in [-0.05, 0) is 35.7 Å². The predicted octanol–water partition coefficient (Wildman–Crippen LogP) is 4.71. The Morgan fingerprint density at radius 1 is 1.14 bits per heavy atom. The average molecular weight is 296 g/mol. The number of thiazole rings is 1. The van der Waals surface area contributed by atoms with Crippen molar-refractivity contribution >= 4 is 22.1 Å². The molecule has 0 saturated carbocycles. The number of benzene rings is 2. The van der Waals surface area contributed by atoms with Crippen LogP contribution in [0.25, 0.3) is 10.8 Å². The van der Waals surface area contributed by atoms with Crippen LogP contribution in [0, 0.1) is 0 Å². The quantitative estimate of drug-likeness (QED) is 0.737. The van der Waals surface area contributed by atoms with Crippen molar-refractivity contribution in [2.24, 2.45) is 0 Å². The third-order valence-corrected chi connectivity index (χ3v) is 4.92. The molecule has 0 amide bonds. The normalized spacial score (nSPS) is 12.7. The molecule has 0 aliphatic rings. The second-order valence-corrected chi connectivity index (χ2v) is 6.48. The number of aryl methyl sites for hydroxylation is 1. The maximum Gasteiger partial charge on any atom is 0.107 e. The lowest BCUT2D eigenvalue weighted by atomic mass is 10.0. The van der Waals surface area contributed by atoms with Gasteiger partial charge in [-0.3, -0.25) is 0 Å². The van der Waals surface area contributed by atoms with Crippen molar-refractivity contribution in [1.29, 1.82) is 0 Å². The largest absolute Gasteiger partial charge is 0.304 e. The number of rotatable bonds is 5. The fourth-order valence-corrected chi connectivity index (χ4v) is 3.24. The molecule has 1 aromatic heterocycles. The van der Waals surface area contributed by atoms with Gasteiger partial charge in [-0.25, -0.2) is 4.98 Å². The molecule has 1 heterocycles. The van der Waals surface area contributed by atoms with Crippen molar-refractivity contribution in [2.75, 3.05) is 0 Å². The summed E-state index contributed by atoms with van der Waals surface area (Å²) >= 11 is 1.80. The molecule has 3 heteroatoms. The number of aromatic nitrogens is 1. The van der Waals surface area contributed by atoms with E-state index in [1.165, 1.54) is 26.2 Å². The minimum Gasteiger partial charge on any atom is -0.304 e. The molecule has 0 spiro atoms. The molecule has 3 rings (SSSR count). The summed E-state index contributed by atoms with van der Waals surface area (Å²) in [5.41, 5.74) is 1.32. The Balaban J connectivity index is 1.69. The first-order chi connectivity index (χ1) is 10.3. The van der Waals surface area contributed by atoms with Crippen LogP contribution < -0.4 is 5.32 Å². The van der Waals surface area contributed by atoms with E-state index in [-0.39, 0.29) is 0 Å². The maximum atomic E-state index is 4.46. The Bertz CT molecular complexity index is 733. The van der Waals surface area contributed by atoms with Crippen molar-refractivity contribution in [3.63, 3.8) is 0 Å². The third kappa shape index (κ3) is 3.31. The Hall–Kier alpha value is -1.71. The van der Waals surface area contributed by atoms with Crippen LogP contribution in [0.5, 0.6) is 0 Å². The van der Waals surface area contributed by atoms with Crippen molar-refractivity contribution < 1.29 is 0 Å². The molecular formula is C18H20N2S. The molecule has 1 N–H and O–H groups in total. The fraction of sp³-hybridized carbons (Fsp3) is 0.278. The van der Waals surface area contributed by atoms with Crippen molar-refractivity contribution in [2.45, 2.75) is 32.9 Å². The molecule has 0 bridgehead atoms. The SMILES string of the molecule is CCc1cnc(CNC(C)c2ccc3ccccc3c2)s1. The van der Waals surface area contributed by atoms with Crippen LogP contribution in [0.1, 0.15) is 35.3 Å². The highest BCUT2D eigenvalue weighted by atomic mass is 32.1. The summed E-state index contributed by atoms with van der Waals surface area (Å²) in [6.45, 7) is 5.21. The highest BCUT2D eigenvalue weighted by molar-refractivity contribution is 7.11. The average Bonchev–Trinajstić information content (AvgIpc) is 3.00. The smallest absolute Gasteiger partial charge is 0.107 e. The Morgan fingerprint density at radius 3 is 2.71 bits per heavy atom. The van der Waals surface area contributed by atoms with Gasteiger partial charge in [0.15, 0.2) is 0 Å². The summed E-state index contributed by atoms with van der Waals surface area (Å²) in [6, 6.07) is 15.5. The monoisotopic (exact) mass is 296 g/mol. The fourth-order valence-electron chi connectivity index (χ4n) is 2.43. The second-order valence-electron chi connectivity index (χ2n) is 5.28. The Labute approximate surface area is 129 Å². The molecule has 0 fully saturated rings. The lowest BCUT2D eigenvalue weighted by molar-refractivity contribution is 0.574. The van der Waals surface area contributed by atoms with Crippen molar-refractivity contribution in [1.82, 2.24) is 10.3 Å². The first-order valence-electron chi connectivity index (χ1n) is 7.42. The van der Waals surface area contributed by atoms with Gasteiger partial charge in [-0.1, -0.05) is 43.3 Å². The zero-order chi connectivity index (χ0) is 14.7. The van der Waals surface area contributed by atoms with Gasteiger partial charge in [0.25, 0.3) is 0 Å². The van der Waals surface area contributed by atoms with Gasteiger partial charge in [0.1, 0.15) is 5.01 Å². The molecule has 0 radical (unpaired) electrons. The van der Waals surface area contributed by atoms with Gasteiger partial charge in [0.05, 0.1) is 0 Å². The van der Waals surface area contributed by atoms with Gasteiger partial charge in [-0.2, -0.15) is 0 Å². The molecule has 0 saturated heterocycles. The number of hydrogen-bond acceptors (Lipinski definition) is 3. The zero-order valence-electron chi connectivity index (χ0n) is 12.5. The highest BCUT2D eigenvalue weighted by Gasteiger charge is 2.07. The van der Waals surface area contributed by atoms with E-state index >= 15 is 0 Å².